The maximum atomic E-state index is 12.4. The molecule has 2 unspecified atom stereocenters. The molecule has 0 aliphatic carbocycles. The van der Waals surface area contributed by atoms with Crippen molar-refractivity contribution in [1.29, 1.82) is 0 Å². The normalized spacial score (nSPS) is 22.6. The van der Waals surface area contributed by atoms with E-state index in [0.29, 0.717) is 31.8 Å². The van der Waals surface area contributed by atoms with Gasteiger partial charge in [-0.2, -0.15) is 0 Å². The van der Waals surface area contributed by atoms with Crippen molar-refractivity contribution >= 4 is 15.7 Å². The average molecular weight is 304 g/mol. The first kappa shape index (κ1) is 17.4. The van der Waals surface area contributed by atoms with Gasteiger partial charge in [0.15, 0.2) is 9.84 Å². The fourth-order valence-electron chi connectivity index (χ4n) is 2.49. The molecule has 0 bridgehead atoms. The Labute approximate surface area is 122 Å². The lowest BCUT2D eigenvalue weighted by Gasteiger charge is -2.28. The second kappa shape index (κ2) is 7.98. The fraction of sp³-hybridized carbons (Fsp3) is 0.929. The van der Waals surface area contributed by atoms with E-state index in [-0.39, 0.29) is 23.5 Å². The molecule has 0 spiro atoms. The number of carbonyl (C=O) groups is 1. The van der Waals surface area contributed by atoms with E-state index in [9.17, 15) is 13.2 Å². The van der Waals surface area contributed by atoms with Crippen LogP contribution >= 0.6 is 0 Å². The van der Waals surface area contributed by atoms with Crippen molar-refractivity contribution in [1.82, 2.24) is 4.90 Å². The highest BCUT2D eigenvalue weighted by Crippen LogP contribution is 2.20. The number of rotatable bonds is 8. The molecule has 118 valence electrons. The van der Waals surface area contributed by atoms with Crippen molar-refractivity contribution in [2.75, 3.05) is 24.6 Å². The largest absolute Gasteiger partial charge is 0.339 e. The third-order valence-electron chi connectivity index (χ3n) is 3.98. The zero-order valence-corrected chi connectivity index (χ0v) is 13.5. The van der Waals surface area contributed by atoms with Crippen LogP contribution in [0.15, 0.2) is 0 Å². The smallest absolute Gasteiger partial charge is 0.222 e. The van der Waals surface area contributed by atoms with E-state index in [0.717, 1.165) is 19.3 Å². The maximum Gasteiger partial charge on any atom is 0.222 e. The van der Waals surface area contributed by atoms with Gasteiger partial charge in [-0.3, -0.25) is 4.79 Å². The fourth-order valence-corrected chi connectivity index (χ4v) is 4.22. The molecular formula is C14H28N2O3S. The van der Waals surface area contributed by atoms with Gasteiger partial charge in [-0.05, 0) is 31.7 Å². The predicted molar refractivity (Wildman–Crippen MR) is 81.1 cm³/mol. The van der Waals surface area contributed by atoms with Gasteiger partial charge in [-0.15, -0.1) is 0 Å². The van der Waals surface area contributed by atoms with Crippen LogP contribution in [0.1, 0.15) is 46.0 Å². The number of carbonyl (C=O) groups excluding carboxylic acids is 1. The molecule has 1 aliphatic heterocycles. The molecule has 6 heteroatoms. The first-order valence-corrected chi connectivity index (χ1v) is 9.41. The zero-order valence-electron chi connectivity index (χ0n) is 12.7. The van der Waals surface area contributed by atoms with Crippen LogP contribution in [0.4, 0.5) is 0 Å². The van der Waals surface area contributed by atoms with Gasteiger partial charge in [0.2, 0.25) is 5.91 Å². The second-order valence-electron chi connectivity index (χ2n) is 5.88. The van der Waals surface area contributed by atoms with Crippen LogP contribution in [0.2, 0.25) is 0 Å². The molecule has 0 radical (unpaired) electrons. The van der Waals surface area contributed by atoms with Crippen molar-refractivity contribution in [3.63, 3.8) is 0 Å². The molecule has 1 aliphatic rings. The van der Waals surface area contributed by atoms with Crippen LogP contribution in [-0.4, -0.2) is 49.9 Å². The summed E-state index contributed by atoms with van der Waals surface area (Å²) in [5.74, 6) is 0.766. The SMILES string of the molecule is CCCCN(C(=O)CCC(C)CN)C1CCS(=O)(=O)C1. The number of nitrogens with zero attached hydrogens (tertiary/aromatic N) is 1. The molecule has 1 fully saturated rings. The van der Waals surface area contributed by atoms with Gasteiger partial charge in [0.05, 0.1) is 11.5 Å². The molecule has 2 atom stereocenters. The summed E-state index contributed by atoms with van der Waals surface area (Å²) in [5.41, 5.74) is 5.57. The van der Waals surface area contributed by atoms with Crippen LogP contribution in [0.25, 0.3) is 0 Å². The van der Waals surface area contributed by atoms with Crippen molar-refractivity contribution in [3.8, 4) is 0 Å². The van der Waals surface area contributed by atoms with E-state index in [2.05, 4.69) is 6.92 Å². The highest BCUT2D eigenvalue weighted by molar-refractivity contribution is 7.91. The quantitative estimate of drug-likeness (QED) is 0.730. The summed E-state index contributed by atoms with van der Waals surface area (Å²) in [7, 11) is -2.95. The number of hydrogen-bond donors (Lipinski definition) is 1. The lowest BCUT2D eigenvalue weighted by Crippen LogP contribution is -2.41. The number of nitrogens with two attached hydrogens (primary N) is 1. The monoisotopic (exact) mass is 304 g/mol. The molecule has 1 saturated heterocycles. The van der Waals surface area contributed by atoms with Crippen LogP contribution in [-0.2, 0) is 14.6 Å². The Kier molecular flexibility index (Phi) is 6.95. The van der Waals surface area contributed by atoms with Gasteiger partial charge in [-0.1, -0.05) is 20.3 Å². The van der Waals surface area contributed by atoms with Gasteiger partial charge in [-0.25, -0.2) is 8.42 Å². The summed E-state index contributed by atoms with van der Waals surface area (Å²) in [6.07, 6.45) is 3.76. The predicted octanol–water partition coefficient (Wildman–Crippen LogP) is 1.18. The third kappa shape index (κ3) is 5.40. The minimum absolute atomic E-state index is 0.0841. The van der Waals surface area contributed by atoms with E-state index < -0.39 is 9.84 Å². The third-order valence-corrected chi connectivity index (χ3v) is 5.73. The minimum Gasteiger partial charge on any atom is -0.339 e. The maximum absolute atomic E-state index is 12.4. The lowest BCUT2D eigenvalue weighted by atomic mass is 10.0. The Morgan fingerprint density at radius 1 is 1.45 bits per heavy atom. The Bertz CT molecular complexity index is 409. The van der Waals surface area contributed by atoms with Gasteiger partial charge in [0, 0.05) is 19.0 Å². The molecular weight excluding hydrogens is 276 g/mol. The van der Waals surface area contributed by atoms with Crippen molar-refractivity contribution in [2.24, 2.45) is 11.7 Å². The van der Waals surface area contributed by atoms with Crippen LogP contribution < -0.4 is 5.73 Å². The molecule has 20 heavy (non-hydrogen) atoms. The molecule has 2 N–H and O–H groups in total. The average Bonchev–Trinajstić information content (AvgIpc) is 2.76. The summed E-state index contributed by atoms with van der Waals surface area (Å²) in [6, 6.07) is -0.118. The standard InChI is InChI=1S/C14H28N2O3S/c1-3-4-8-16(13-7-9-20(18,19)11-13)14(17)6-5-12(2)10-15/h12-13H,3-11,15H2,1-2H3. The Hall–Kier alpha value is -0.620. The van der Waals surface area contributed by atoms with Crippen molar-refractivity contribution < 1.29 is 13.2 Å². The molecule has 0 aromatic carbocycles. The highest BCUT2D eigenvalue weighted by atomic mass is 32.2. The van der Waals surface area contributed by atoms with E-state index in [1.54, 1.807) is 4.90 Å². The van der Waals surface area contributed by atoms with E-state index >= 15 is 0 Å². The first-order valence-electron chi connectivity index (χ1n) is 7.59. The van der Waals surface area contributed by atoms with Gasteiger partial charge in [0.1, 0.15) is 0 Å². The lowest BCUT2D eigenvalue weighted by molar-refractivity contribution is -0.133. The summed E-state index contributed by atoms with van der Waals surface area (Å²) >= 11 is 0. The zero-order chi connectivity index (χ0) is 15.2. The van der Waals surface area contributed by atoms with E-state index in [1.165, 1.54) is 0 Å². The number of sulfone groups is 1. The first-order chi connectivity index (χ1) is 9.39. The van der Waals surface area contributed by atoms with Gasteiger partial charge < -0.3 is 10.6 Å². The number of hydrogen-bond acceptors (Lipinski definition) is 4. The Morgan fingerprint density at radius 3 is 2.65 bits per heavy atom. The van der Waals surface area contributed by atoms with Crippen LogP contribution in [0.5, 0.6) is 0 Å². The van der Waals surface area contributed by atoms with E-state index in [1.807, 2.05) is 6.92 Å². The van der Waals surface area contributed by atoms with Crippen LogP contribution in [0, 0.1) is 5.92 Å². The van der Waals surface area contributed by atoms with Crippen LogP contribution in [0.3, 0.4) is 0 Å². The summed E-state index contributed by atoms with van der Waals surface area (Å²) < 4.78 is 23.2. The summed E-state index contributed by atoms with van der Waals surface area (Å²) in [4.78, 5) is 14.2. The number of amides is 1. The molecule has 5 nitrogen and oxygen atoms in total. The van der Waals surface area contributed by atoms with Gasteiger partial charge in [0.25, 0.3) is 0 Å². The molecule has 0 aromatic rings. The summed E-state index contributed by atoms with van der Waals surface area (Å²) in [6.45, 7) is 5.36. The van der Waals surface area contributed by atoms with Crippen molar-refractivity contribution in [2.45, 2.75) is 52.0 Å². The second-order valence-corrected chi connectivity index (χ2v) is 8.11. The summed E-state index contributed by atoms with van der Waals surface area (Å²) in [5, 5.41) is 0. The number of unbranched alkanes of at least 4 members (excludes halogenated alkanes) is 1. The topological polar surface area (TPSA) is 80.5 Å². The highest BCUT2D eigenvalue weighted by Gasteiger charge is 2.34. The van der Waals surface area contributed by atoms with Crippen molar-refractivity contribution in [3.05, 3.63) is 0 Å². The molecule has 1 amide bonds. The van der Waals surface area contributed by atoms with E-state index in [4.69, 9.17) is 5.73 Å². The Morgan fingerprint density at radius 2 is 2.15 bits per heavy atom. The molecule has 1 rings (SSSR count). The molecule has 1 heterocycles. The molecule has 0 aromatic heterocycles. The minimum atomic E-state index is -2.95. The van der Waals surface area contributed by atoms with Gasteiger partial charge >= 0.3 is 0 Å². The molecule has 0 saturated carbocycles. The Balaban J connectivity index is 2.61.